The summed E-state index contributed by atoms with van der Waals surface area (Å²) in [7, 11) is 0. The van der Waals surface area contributed by atoms with Crippen LogP contribution in [0, 0.1) is 11.3 Å². The Morgan fingerprint density at radius 2 is 2.14 bits per heavy atom. The van der Waals surface area contributed by atoms with Gasteiger partial charge in [0, 0.05) is 29.6 Å². The summed E-state index contributed by atoms with van der Waals surface area (Å²) < 4.78 is 5.66. The van der Waals surface area contributed by atoms with E-state index in [1.54, 1.807) is 12.1 Å². The predicted octanol–water partition coefficient (Wildman–Crippen LogP) is 3.83. The number of nitrogens with one attached hydrogen (secondary N) is 1. The molecular formula is C17H15ClN2O. The molecule has 106 valence electrons. The zero-order valence-corrected chi connectivity index (χ0v) is 12.2. The van der Waals surface area contributed by atoms with E-state index in [1.165, 1.54) is 5.56 Å². The predicted molar refractivity (Wildman–Crippen MR) is 82.3 cm³/mol. The van der Waals surface area contributed by atoms with Crippen LogP contribution in [0.1, 0.15) is 29.2 Å². The molecule has 0 aliphatic carbocycles. The fourth-order valence-electron chi connectivity index (χ4n) is 2.55. The van der Waals surface area contributed by atoms with Crippen molar-refractivity contribution in [3.63, 3.8) is 0 Å². The van der Waals surface area contributed by atoms with Gasteiger partial charge in [0.2, 0.25) is 0 Å². The molecule has 4 heteroatoms. The molecule has 1 N–H and O–H groups in total. The minimum atomic E-state index is 0.265. The van der Waals surface area contributed by atoms with Gasteiger partial charge in [-0.25, -0.2) is 0 Å². The molecule has 2 aromatic carbocycles. The minimum absolute atomic E-state index is 0.265. The lowest BCUT2D eigenvalue weighted by Crippen LogP contribution is -2.26. The van der Waals surface area contributed by atoms with Crippen molar-refractivity contribution >= 4 is 11.6 Å². The summed E-state index contributed by atoms with van der Waals surface area (Å²) in [6.07, 6.45) is 0.935. The number of para-hydroxylation sites is 1. The van der Waals surface area contributed by atoms with E-state index in [-0.39, 0.29) is 6.04 Å². The van der Waals surface area contributed by atoms with Gasteiger partial charge >= 0.3 is 0 Å². The van der Waals surface area contributed by atoms with Gasteiger partial charge in [-0.2, -0.15) is 5.26 Å². The first-order chi connectivity index (χ1) is 10.3. The Morgan fingerprint density at radius 1 is 1.29 bits per heavy atom. The molecule has 0 spiro atoms. The van der Waals surface area contributed by atoms with Crippen LogP contribution in [0.2, 0.25) is 5.02 Å². The lowest BCUT2D eigenvalue weighted by Gasteiger charge is -2.27. The fourth-order valence-corrected chi connectivity index (χ4v) is 2.79. The van der Waals surface area contributed by atoms with Gasteiger partial charge in [-0.1, -0.05) is 35.9 Å². The Kier molecular flexibility index (Phi) is 4.10. The summed E-state index contributed by atoms with van der Waals surface area (Å²) in [5, 5.41) is 13.0. The quantitative estimate of drug-likeness (QED) is 0.937. The summed E-state index contributed by atoms with van der Waals surface area (Å²) in [6.45, 7) is 1.39. The maximum absolute atomic E-state index is 8.86. The zero-order chi connectivity index (χ0) is 14.7. The molecule has 1 unspecified atom stereocenters. The molecule has 0 aromatic heterocycles. The van der Waals surface area contributed by atoms with E-state index in [0.717, 1.165) is 24.3 Å². The average molecular weight is 299 g/mol. The Labute approximate surface area is 129 Å². The second-order valence-corrected chi connectivity index (χ2v) is 5.43. The number of nitrogens with zero attached hydrogens (tertiary/aromatic N) is 1. The molecule has 0 saturated heterocycles. The first kappa shape index (κ1) is 13.9. The summed E-state index contributed by atoms with van der Waals surface area (Å²) >= 11 is 6.21. The normalized spacial score (nSPS) is 16.7. The van der Waals surface area contributed by atoms with Crippen molar-refractivity contribution in [1.29, 1.82) is 5.26 Å². The van der Waals surface area contributed by atoms with E-state index in [4.69, 9.17) is 21.6 Å². The SMILES string of the molecule is N#Cc1ccc(CNC2CCOc3ccccc32)c(Cl)c1. The van der Waals surface area contributed by atoms with Crippen molar-refractivity contribution in [3.05, 3.63) is 64.2 Å². The molecule has 21 heavy (non-hydrogen) atoms. The molecule has 0 fully saturated rings. The van der Waals surface area contributed by atoms with Crippen LogP contribution in [0.3, 0.4) is 0 Å². The highest BCUT2D eigenvalue weighted by atomic mass is 35.5. The van der Waals surface area contributed by atoms with Gasteiger partial charge in [0.05, 0.1) is 18.2 Å². The largest absolute Gasteiger partial charge is 0.493 e. The molecule has 3 nitrogen and oxygen atoms in total. The van der Waals surface area contributed by atoms with E-state index >= 15 is 0 Å². The van der Waals surface area contributed by atoms with Gasteiger partial charge in [0.25, 0.3) is 0 Å². The summed E-state index contributed by atoms with van der Waals surface area (Å²) in [4.78, 5) is 0. The molecule has 1 atom stereocenters. The third-order valence-electron chi connectivity index (χ3n) is 3.68. The third-order valence-corrected chi connectivity index (χ3v) is 4.03. The number of hydrogen-bond acceptors (Lipinski definition) is 3. The van der Waals surface area contributed by atoms with Crippen LogP contribution < -0.4 is 10.1 Å². The van der Waals surface area contributed by atoms with Gasteiger partial charge < -0.3 is 10.1 Å². The van der Waals surface area contributed by atoms with Crippen LogP contribution in [-0.2, 0) is 6.54 Å². The van der Waals surface area contributed by atoms with Crippen LogP contribution >= 0.6 is 11.6 Å². The topological polar surface area (TPSA) is 45.0 Å². The van der Waals surface area contributed by atoms with Crippen molar-refractivity contribution in [3.8, 4) is 11.8 Å². The molecular weight excluding hydrogens is 284 g/mol. The van der Waals surface area contributed by atoms with Gasteiger partial charge in [-0.05, 0) is 23.8 Å². The van der Waals surface area contributed by atoms with Gasteiger partial charge in [0.15, 0.2) is 0 Å². The van der Waals surface area contributed by atoms with E-state index in [0.29, 0.717) is 17.1 Å². The van der Waals surface area contributed by atoms with Crippen molar-refractivity contribution in [2.75, 3.05) is 6.61 Å². The highest BCUT2D eigenvalue weighted by molar-refractivity contribution is 6.31. The van der Waals surface area contributed by atoms with E-state index in [2.05, 4.69) is 17.5 Å². The fraction of sp³-hybridized carbons (Fsp3) is 0.235. The van der Waals surface area contributed by atoms with Crippen LogP contribution in [0.5, 0.6) is 5.75 Å². The Bertz CT molecular complexity index is 693. The molecule has 0 radical (unpaired) electrons. The average Bonchev–Trinajstić information content (AvgIpc) is 2.53. The molecule has 0 bridgehead atoms. The third kappa shape index (κ3) is 3.02. The molecule has 0 saturated carbocycles. The second-order valence-electron chi connectivity index (χ2n) is 5.03. The van der Waals surface area contributed by atoms with Crippen molar-refractivity contribution in [2.24, 2.45) is 0 Å². The van der Waals surface area contributed by atoms with Gasteiger partial charge in [-0.3, -0.25) is 0 Å². The molecule has 1 aliphatic heterocycles. The van der Waals surface area contributed by atoms with Crippen LogP contribution in [0.25, 0.3) is 0 Å². The van der Waals surface area contributed by atoms with E-state index in [9.17, 15) is 0 Å². The second kappa shape index (κ2) is 6.17. The van der Waals surface area contributed by atoms with Crippen LogP contribution in [-0.4, -0.2) is 6.61 Å². The summed E-state index contributed by atoms with van der Waals surface area (Å²) in [5.74, 6) is 0.951. The monoisotopic (exact) mass is 298 g/mol. The summed E-state index contributed by atoms with van der Waals surface area (Å²) in [6, 6.07) is 15.9. The smallest absolute Gasteiger partial charge is 0.124 e. The maximum Gasteiger partial charge on any atom is 0.124 e. The summed E-state index contributed by atoms with van der Waals surface area (Å²) in [5.41, 5.74) is 2.77. The maximum atomic E-state index is 8.86. The Balaban J connectivity index is 1.73. The minimum Gasteiger partial charge on any atom is -0.493 e. The first-order valence-electron chi connectivity index (χ1n) is 6.91. The van der Waals surface area contributed by atoms with Crippen molar-refractivity contribution in [1.82, 2.24) is 5.32 Å². The number of nitriles is 1. The van der Waals surface area contributed by atoms with Gasteiger partial charge in [-0.15, -0.1) is 0 Å². The van der Waals surface area contributed by atoms with E-state index in [1.807, 2.05) is 24.3 Å². The lowest BCUT2D eigenvalue weighted by molar-refractivity contribution is 0.252. The number of benzene rings is 2. The lowest BCUT2D eigenvalue weighted by atomic mass is 10.0. The van der Waals surface area contributed by atoms with Gasteiger partial charge in [0.1, 0.15) is 5.75 Å². The van der Waals surface area contributed by atoms with Crippen LogP contribution in [0.4, 0.5) is 0 Å². The highest BCUT2D eigenvalue weighted by Crippen LogP contribution is 2.32. The Morgan fingerprint density at radius 3 is 2.95 bits per heavy atom. The number of ether oxygens (including phenoxy) is 1. The molecule has 0 amide bonds. The number of halogens is 1. The van der Waals surface area contributed by atoms with Crippen LogP contribution in [0.15, 0.2) is 42.5 Å². The molecule has 1 heterocycles. The standard InChI is InChI=1S/C17H15ClN2O/c18-15-9-12(10-19)5-6-13(15)11-20-16-7-8-21-17-4-2-1-3-14(16)17/h1-6,9,16,20H,7-8,11H2. The number of hydrogen-bond donors (Lipinski definition) is 1. The van der Waals surface area contributed by atoms with Crippen molar-refractivity contribution < 1.29 is 4.74 Å². The Hall–Kier alpha value is -2.02. The zero-order valence-electron chi connectivity index (χ0n) is 11.5. The number of rotatable bonds is 3. The molecule has 3 rings (SSSR count). The first-order valence-corrected chi connectivity index (χ1v) is 7.29. The van der Waals surface area contributed by atoms with E-state index < -0.39 is 0 Å². The van der Waals surface area contributed by atoms with Crippen molar-refractivity contribution in [2.45, 2.75) is 19.0 Å². The number of fused-ring (bicyclic) bond motifs is 1. The molecule has 1 aliphatic rings. The molecule has 2 aromatic rings. The highest BCUT2D eigenvalue weighted by Gasteiger charge is 2.20.